The van der Waals surface area contributed by atoms with Gasteiger partial charge in [0.05, 0.1) is 18.9 Å². The van der Waals surface area contributed by atoms with E-state index in [1.807, 2.05) is 0 Å². The zero-order valence-electron chi connectivity index (χ0n) is 16.1. The molecule has 3 aromatic rings. The molecule has 0 atom stereocenters. The van der Waals surface area contributed by atoms with Crippen LogP contribution in [0.25, 0.3) is 0 Å². The van der Waals surface area contributed by atoms with Crippen molar-refractivity contribution in [1.29, 1.82) is 0 Å². The maximum atomic E-state index is 11.9. The average molecular weight is 405 g/mol. The highest BCUT2D eigenvalue weighted by molar-refractivity contribution is 5.93. The summed E-state index contributed by atoms with van der Waals surface area (Å²) in [6.07, 6.45) is 3.01. The number of carboxylic acids is 1. The number of nitrogens with zero attached hydrogens (tertiary/aromatic N) is 2. The Balaban J connectivity index is 1.61. The summed E-state index contributed by atoms with van der Waals surface area (Å²) in [5.74, 6) is -0.364. The van der Waals surface area contributed by atoms with Crippen molar-refractivity contribution < 1.29 is 24.2 Å². The summed E-state index contributed by atoms with van der Waals surface area (Å²) < 4.78 is 11.1. The van der Waals surface area contributed by atoms with Crippen LogP contribution in [0.5, 0.6) is 11.5 Å². The van der Waals surface area contributed by atoms with Gasteiger partial charge in [-0.05, 0) is 53.6 Å². The predicted octanol–water partition coefficient (Wildman–Crippen LogP) is 3.13. The Morgan fingerprint density at radius 2 is 1.90 bits per heavy atom. The van der Waals surface area contributed by atoms with Crippen LogP contribution in [0.2, 0.25) is 0 Å². The second-order valence-corrected chi connectivity index (χ2v) is 6.12. The number of ether oxygens (including phenoxy) is 2. The van der Waals surface area contributed by atoms with Crippen LogP contribution in [0.15, 0.2) is 72.0 Å². The van der Waals surface area contributed by atoms with Gasteiger partial charge in [0.2, 0.25) is 0 Å². The van der Waals surface area contributed by atoms with E-state index < -0.39 is 11.9 Å². The Morgan fingerprint density at radius 3 is 2.57 bits per heavy atom. The van der Waals surface area contributed by atoms with Crippen molar-refractivity contribution in [2.45, 2.75) is 6.61 Å². The molecule has 3 rings (SSSR count). The molecule has 0 fully saturated rings. The molecule has 2 aromatic carbocycles. The molecule has 152 valence electrons. The van der Waals surface area contributed by atoms with E-state index in [1.54, 1.807) is 48.5 Å². The second-order valence-electron chi connectivity index (χ2n) is 6.12. The average Bonchev–Trinajstić information content (AvgIpc) is 2.78. The van der Waals surface area contributed by atoms with E-state index in [0.29, 0.717) is 17.1 Å². The van der Waals surface area contributed by atoms with Crippen LogP contribution in [-0.2, 0) is 6.61 Å². The highest BCUT2D eigenvalue weighted by atomic mass is 16.5. The van der Waals surface area contributed by atoms with Crippen LogP contribution in [-0.4, -0.2) is 35.3 Å². The fourth-order valence-corrected chi connectivity index (χ4v) is 2.51. The van der Waals surface area contributed by atoms with Gasteiger partial charge in [-0.3, -0.25) is 9.78 Å². The Labute approximate surface area is 172 Å². The largest absolute Gasteiger partial charge is 0.493 e. The first-order valence-corrected chi connectivity index (χ1v) is 8.94. The highest BCUT2D eigenvalue weighted by Gasteiger charge is 2.08. The quantitative estimate of drug-likeness (QED) is 0.440. The Morgan fingerprint density at radius 1 is 1.10 bits per heavy atom. The summed E-state index contributed by atoms with van der Waals surface area (Å²) >= 11 is 0. The van der Waals surface area contributed by atoms with Gasteiger partial charge in [0.25, 0.3) is 5.91 Å². The van der Waals surface area contributed by atoms with Crippen LogP contribution in [0.3, 0.4) is 0 Å². The van der Waals surface area contributed by atoms with E-state index in [2.05, 4.69) is 15.5 Å². The van der Waals surface area contributed by atoms with Gasteiger partial charge in [0.15, 0.2) is 11.5 Å². The van der Waals surface area contributed by atoms with Gasteiger partial charge < -0.3 is 14.6 Å². The minimum Gasteiger partial charge on any atom is -0.493 e. The number of carbonyl (C=O) groups excluding carboxylic acids is 1. The summed E-state index contributed by atoms with van der Waals surface area (Å²) in [4.78, 5) is 26.8. The van der Waals surface area contributed by atoms with Crippen molar-refractivity contribution in [3.05, 3.63) is 89.2 Å². The lowest BCUT2D eigenvalue weighted by atomic mass is 10.1. The van der Waals surface area contributed by atoms with Crippen LogP contribution in [0, 0.1) is 0 Å². The molecule has 8 nitrogen and oxygen atoms in total. The molecule has 0 spiro atoms. The van der Waals surface area contributed by atoms with E-state index in [9.17, 15) is 9.59 Å². The monoisotopic (exact) mass is 405 g/mol. The normalized spacial score (nSPS) is 10.6. The first-order valence-electron chi connectivity index (χ1n) is 8.94. The third-order valence-corrected chi connectivity index (χ3v) is 4.06. The van der Waals surface area contributed by atoms with Crippen LogP contribution in [0.1, 0.15) is 32.0 Å². The van der Waals surface area contributed by atoms with Crippen molar-refractivity contribution >= 4 is 18.1 Å². The third-order valence-electron chi connectivity index (χ3n) is 4.06. The van der Waals surface area contributed by atoms with Crippen LogP contribution >= 0.6 is 0 Å². The first kappa shape index (κ1) is 20.5. The topological polar surface area (TPSA) is 110 Å². The number of aromatic nitrogens is 1. The second kappa shape index (κ2) is 9.83. The summed E-state index contributed by atoms with van der Waals surface area (Å²) in [6, 6.07) is 16.7. The Hall–Kier alpha value is -4.20. The molecule has 30 heavy (non-hydrogen) atoms. The lowest BCUT2D eigenvalue weighted by Crippen LogP contribution is -2.18. The van der Waals surface area contributed by atoms with E-state index >= 15 is 0 Å². The van der Waals surface area contributed by atoms with E-state index in [4.69, 9.17) is 14.6 Å². The number of aromatic carboxylic acids is 1. The fourth-order valence-electron chi connectivity index (χ4n) is 2.51. The van der Waals surface area contributed by atoms with Crippen molar-refractivity contribution in [3.63, 3.8) is 0 Å². The zero-order chi connectivity index (χ0) is 21.3. The number of carbonyl (C=O) groups is 2. The predicted molar refractivity (Wildman–Crippen MR) is 110 cm³/mol. The van der Waals surface area contributed by atoms with Gasteiger partial charge in [-0.15, -0.1) is 0 Å². The molecular weight excluding hydrogens is 386 g/mol. The molecule has 1 amide bonds. The van der Waals surface area contributed by atoms with Gasteiger partial charge in [-0.25, -0.2) is 10.2 Å². The van der Waals surface area contributed by atoms with Crippen molar-refractivity contribution in [3.8, 4) is 11.5 Å². The molecular formula is C22H19N3O5. The Kier molecular flexibility index (Phi) is 6.73. The maximum Gasteiger partial charge on any atom is 0.335 e. The van der Waals surface area contributed by atoms with Gasteiger partial charge in [-0.1, -0.05) is 18.2 Å². The number of carboxylic acid groups (broad SMARTS) is 1. The molecule has 0 unspecified atom stereocenters. The first-order chi connectivity index (χ1) is 14.6. The molecule has 0 aliphatic heterocycles. The van der Waals surface area contributed by atoms with E-state index in [-0.39, 0.29) is 17.9 Å². The molecule has 2 N–H and O–H groups in total. The molecule has 1 aromatic heterocycles. The molecule has 0 radical (unpaired) electrons. The van der Waals surface area contributed by atoms with Gasteiger partial charge >= 0.3 is 5.97 Å². The lowest BCUT2D eigenvalue weighted by molar-refractivity contribution is 0.0696. The van der Waals surface area contributed by atoms with Gasteiger partial charge in [0, 0.05) is 6.20 Å². The standard InChI is InChI=1S/C22H19N3O5/c1-29-20-12-16(13-24-25-21(26)18-4-2-3-11-23-18)7-10-19(20)30-14-15-5-8-17(9-6-15)22(27)28/h2-13H,14H2,1H3,(H,25,26)(H,27,28)/b24-13+. The minimum absolute atomic E-state index is 0.218. The molecule has 0 saturated carbocycles. The van der Waals surface area contributed by atoms with E-state index in [1.165, 1.54) is 31.7 Å². The number of nitrogens with one attached hydrogen (secondary N) is 1. The fraction of sp³-hybridized carbons (Fsp3) is 0.0909. The molecule has 0 bridgehead atoms. The molecule has 1 heterocycles. The van der Waals surface area contributed by atoms with E-state index in [0.717, 1.165) is 5.56 Å². The molecule has 0 saturated heterocycles. The number of rotatable bonds is 8. The number of hydrogen-bond acceptors (Lipinski definition) is 6. The smallest absolute Gasteiger partial charge is 0.335 e. The summed E-state index contributed by atoms with van der Waals surface area (Å²) in [6.45, 7) is 0.254. The maximum absolute atomic E-state index is 11.9. The lowest BCUT2D eigenvalue weighted by Gasteiger charge is -2.11. The van der Waals surface area contributed by atoms with Crippen molar-refractivity contribution in [2.75, 3.05) is 7.11 Å². The summed E-state index contributed by atoms with van der Waals surface area (Å²) in [7, 11) is 1.52. The highest BCUT2D eigenvalue weighted by Crippen LogP contribution is 2.28. The van der Waals surface area contributed by atoms with Crippen molar-refractivity contribution in [1.82, 2.24) is 10.4 Å². The SMILES string of the molecule is COc1cc(/C=N/NC(=O)c2ccccn2)ccc1OCc1ccc(C(=O)O)cc1. The van der Waals surface area contributed by atoms with Crippen molar-refractivity contribution in [2.24, 2.45) is 5.10 Å². The number of pyridine rings is 1. The number of hydrazone groups is 1. The molecule has 8 heteroatoms. The Bertz CT molecular complexity index is 1050. The summed E-state index contributed by atoms with van der Waals surface area (Å²) in [5, 5.41) is 12.9. The zero-order valence-corrected chi connectivity index (χ0v) is 16.1. The minimum atomic E-state index is -0.974. The molecule has 0 aliphatic rings. The number of benzene rings is 2. The van der Waals surface area contributed by atoms with Crippen LogP contribution in [0.4, 0.5) is 0 Å². The van der Waals surface area contributed by atoms with Gasteiger partial charge in [-0.2, -0.15) is 5.10 Å². The molecule has 0 aliphatic carbocycles. The van der Waals surface area contributed by atoms with Gasteiger partial charge in [0.1, 0.15) is 12.3 Å². The summed E-state index contributed by atoms with van der Waals surface area (Å²) in [5.41, 5.74) is 4.43. The number of methoxy groups -OCH3 is 1. The third kappa shape index (κ3) is 5.41. The number of hydrogen-bond donors (Lipinski definition) is 2. The number of amides is 1. The van der Waals surface area contributed by atoms with Crippen LogP contribution < -0.4 is 14.9 Å².